The van der Waals surface area contributed by atoms with Crippen molar-refractivity contribution in [3.05, 3.63) is 88.7 Å². The standard InChI is InChI=1S/C29H28ClFN2O5/c30-24-16-21(8-13-26(24)38-23-11-12-23)27(34)25(17-33-14-1-15-37-33)32-29(36)28(35)20-4-2-18(3-5-20)19-6-9-22(31)10-7-19/h2-10,13,16,23,25,27,34H,1,11-12,14-15,17H2,(H,32,36)/t25-,27-/m1/s1. The Kier molecular flexibility index (Phi) is 8.04. The number of nitrogens with zero attached hydrogens (tertiary/aromatic N) is 1. The average Bonchev–Trinajstić information content (AvgIpc) is 3.60. The van der Waals surface area contributed by atoms with Gasteiger partial charge < -0.3 is 15.2 Å². The van der Waals surface area contributed by atoms with Crippen molar-refractivity contribution in [3.63, 3.8) is 0 Å². The molecule has 198 valence electrons. The highest BCUT2D eigenvalue weighted by molar-refractivity contribution is 6.42. The van der Waals surface area contributed by atoms with E-state index >= 15 is 0 Å². The summed E-state index contributed by atoms with van der Waals surface area (Å²) in [5, 5.41) is 15.9. The number of hydrogen-bond donors (Lipinski definition) is 2. The highest BCUT2D eigenvalue weighted by Gasteiger charge is 2.30. The van der Waals surface area contributed by atoms with Gasteiger partial charge in [-0.2, -0.15) is 5.06 Å². The first kappa shape index (κ1) is 26.3. The lowest BCUT2D eigenvalue weighted by Crippen LogP contribution is -2.48. The molecular weight excluding hydrogens is 511 g/mol. The Balaban J connectivity index is 1.29. The van der Waals surface area contributed by atoms with Crippen LogP contribution in [0, 0.1) is 5.82 Å². The van der Waals surface area contributed by atoms with Crippen LogP contribution < -0.4 is 10.1 Å². The molecule has 1 aliphatic carbocycles. The van der Waals surface area contributed by atoms with Gasteiger partial charge in [-0.3, -0.25) is 14.4 Å². The minimum atomic E-state index is -1.15. The summed E-state index contributed by atoms with van der Waals surface area (Å²) in [5.74, 6) is -1.37. The van der Waals surface area contributed by atoms with Crippen LogP contribution in [0.25, 0.3) is 11.1 Å². The molecule has 1 amide bonds. The van der Waals surface area contributed by atoms with Crippen LogP contribution in [0.2, 0.25) is 5.02 Å². The number of hydroxylamine groups is 2. The van der Waals surface area contributed by atoms with Gasteiger partial charge in [0.15, 0.2) is 0 Å². The van der Waals surface area contributed by atoms with Gasteiger partial charge in [-0.1, -0.05) is 54.1 Å². The molecule has 0 aromatic heterocycles. The molecule has 3 aromatic carbocycles. The van der Waals surface area contributed by atoms with Gasteiger partial charge in [-0.15, -0.1) is 0 Å². The first-order valence-electron chi connectivity index (χ1n) is 12.6. The van der Waals surface area contributed by atoms with Crippen LogP contribution in [-0.2, 0) is 9.63 Å². The van der Waals surface area contributed by atoms with Crippen LogP contribution in [0.4, 0.5) is 4.39 Å². The summed E-state index contributed by atoms with van der Waals surface area (Å²) < 4.78 is 19.0. The van der Waals surface area contributed by atoms with E-state index in [9.17, 15) is 19.1 Å². The summed E-state index contributed by atoms with van der Waals surface area (Å²) in [6.07, 6.45) is 1.85. The molecule has 0 radical (unpaired) electrons. The Bertz CT molecular complexity index is 1290. The number of benzene rings is 3. The van der Waals surface area contributed by atoms with Gasteiger partial charge >= 0.3 is 0 Å². The van der Waals surface area contributed by atoms with E-state index in [1.807, 2.05) is 0 Å². The summed E-state index contributed by atoms with van der Waals surface area (Å²) in [6.45, 7) is 1.38. The number of hydrogen-bond acceptors (Lipinski definition) is 6. The maximum absolute atomic E-state index is 13.2. The molecule has 0 spiro atoms. The highest BCUT2D eigenvalue weighted by atomic mass is 35.5. The Morgan fingerprint density at radius 3 is 2.37 bits per heavy atom. The lowest BCUT2D eigenvalue weighted by atomic mass is 10.00. The number of amides is 1. The molecule has 2 N–H and O–H groups in total. The third-order valence-electron chi connectivity index (χ3n) is 6.57. The van der Waals surface area contributed by atoms with E-state index in [2.05, 4.69) is 5.32 Å². The molecule has 1 saturated heterocycles. The van der Waals surface area contributed by atoms with Crippen molar-refractivity contribution in [3.8, 4) is 16.9 Å². The van der Waals surface area contributed by atoms with E-state index in [4.69, 9.17) is 21.2 Å². The summed E-state index contributed by atoms with van der Waals surface area (Å²) in [4.78, 5) is 31.5. The van der Waals surface area contributed by atoms with E-state index in [0.29, 0.717) is 29.5 Å². The van der Waals surface area contributed by atoms with Crippen LogP contribution in [0.15, 0.2) is 66.7 Å². The van der Waals surface area contributed by atoms with E-state index in [1.54, 1.807) is 59.7 Å². The second-order valence-electron chi connectivity index (χ2n) is 9.52. The van der Waals surface area contributed by atoms with Gasteiger partial charge in [0.1, 0.15) is 17.7 Å². The maximum Gasteiger partial charge on any atom is 0.292 e. The fourth-order valence-electron chi connectivity index (χ4n) is 4.30. The average molecular weight is 539 g/mol. The zero-order chi connectivity index (χ0) is 26.6. The normalized spacial score (nSPS) is 17.1. The number of nitrogens with one attached hydrogen (secondary N) is 1. The number of aliphatic hydroxyl groups is 1. The number of Topliss-reactive ketones (excluding diaryl/α,β-unsaturated/α-hetero) is 1. The Morgan fingerprint density at radius 1 is 1.08 bits per heavy atom. The molecule has 2 fully saturated rings. The molecule has 1 aliphatic heterocycles. The first-order valence-corrected chi connectivity index (χ1v) is 13.0. The largest absolute Gasteiger partial charge is 0.489 e. The molecule has 1 saturated carbocycles. The number of ether oxygens (including phenoxy) is 1. The maximum atomic E-state index is 13.2. The number of ketones is 1. The van der Waals surface area contributed by atoms with Gasteiger partial charge in [0.05, 0.1) is 23.8 Å². The lowest BCUT2D eigenvalue weighted by molar-refractivity contribution is -0.129. The molecule has 2 aliphatic rings. The minimum Gasteiger partial charge on any atom is -0.489 e. The van der Waals surface area contributed by atoms with Crippen LogP contribution in [0.5, 0.6) is 5.75 Å². The van der Waals surface area contributed by atoms with Gasteiger partial charge in [-0.05, 0) is 60.2 Å². The van der Waals surface area contributed by atoms with E-state index in [1.165, 1.54) is 12.1 Å². The molecule has 0 unspecified atom stereocenters. The fraction of sp³-hybridized carbons (Fsp3) is 0.310. The quantitative estimate of drug-likeness (QED) is 0.287. The number of halogens is 2. The smallest absolute Gasteiger partial charge is 0.292 e. The number of carbonyl (C=O) groups is 2. The molecule has 7 nitrogen and oxygen atoms in total. The molecular formula is C29H28ClFN2O5. The van der Waals surface area contributed by atoms with Crippen LogP contribution in [0.3, 0.4) is 0 Å². The number of aliphatic hydroxyl groups excluding tert-OH is 1. The van der Waals surface area contributed by atoms with Gasteiger partial charge in [0, 0.05) is 18.7 Å². The monoisotopic (exact) mass is 538 g/mol. The second-order valence-corrected chi connectivity index (χ2v) is 9.93. The Labute approximate surface area is 225 Å². The second kappa shape index (κ2) is 11.6. The third-order valence-corrected chi connectivity index (χ3v) is 6.87. The van der Waals surface area contributed by atoms with Crippen molar-refractivity contribution in [2.75, 3.05) is 19.7 Å². The van der Waals surface area contributed by atoms with Crippen LogP contribution in [0.1, 0.15) is 41.3 Å². The predicted octanol–water partition coefficient (Wildman–Crippen LogP) is 4.73. The number of carbonyl (C=O) groups excluding carboxylic acids is 2. The zero-order valence-electron chi connectivity index (χ0n) is 20.6. The molecule has 1 heterocycles. The first-order chi connectivity index (χ1) is 18.4. The molecule has 9 heteroatoms. The lowest BCUT2D eigenvalue weighted by Gasteiger charge is -2.28. The van der Waals surface area contributed by atoms with Gasteiger partial charge in [0.2, 0.25) is 5.78 Å². The minimum absolute atomic E-state index is 0.179. The molecule has 2 atom stereocenters. The molecule has 0 bridgehead atoms. The molecule has 38 heavy (non-hydrogen) atoms. The number of rotatable bonds is 10. The summed E-state index contributed by atoms with van der Waals surface area (Å²) >= 11 is 6.39. The topological polar surface area (TPSA) is 88.1 Å². The molecule has 3 aromatic rings. The highest BCUT2D eigenvalue weighted by Crippen LogP contribution is 2.34. The van der Waals surface area contributed by atoms with Crippen molar-refractivity contribution in [1.82, 2.24) is 10.4 Å². The van der Waals surface area contributed by atoms with Crippen molar-refractivity contribution < 1.29 is 28.7 Å². The van der Waals surface area contributed by atoms with Crippen molar-refractivity contribution in [2.45, 2.75) is 37.5 Å². The van der Waals surface area contributed by atoms with E-state index < -0.39 is 23.8 Å². The third kappa shape index (κ3) is 6.39. The Hall–Kier alpha value is -3.30. The summed E-state index contributed by atoms with van der Waals surface area (Å²) in [5.41, 5.74) is 2.26. The van der Waals surface area contributed by atoms with Crippen molar-refractivity contribution >= 4 is 23.3 Å². The van der Waals surface area contributed by atoms with Gasteiger partial charge in [0.25, 0.3) is 5.91 Å². The fourth-order valence-corrected chi connectivity index (χ4v) is 4.54. The van der Waals surface area contributed by atoms with Gasteiger partial charge in [-0.25, -0.2) is 4.39 Å². The predicted molar refractivity (Wildman–Crippen MR) is 140 cm³/mol. The zero-order valence-corrected chi connectivity index (χ0v) is 21.4. The SMILES string of the molecule is O=C(N[C@H](CN1CCCO1)[C@H](O)c1ccc(OC2CC2)c(Cl)c1)C(=O)c1ccc(-c2ccc(F)cc2)cc1. The Morgan fingerprint density at radius 2 is 1.76 bits per heavy atom. The van der Waals surface area contributed by atoms with Crippen LogP contribution >= 0.6 is 11.6 Å². The van der Waals surface area contributed by atoms with E-state index in [-0.39, 0.29) is 24.0 Å². The van der Waals surface area contributed by atoms with Crippen molar-refractivity contribution in [1.29, 1.82) is 0 Å². The van der Waals surface area contributed by atoms with Crippen molar-refractivity contribution in [2.24, 2.45) is 0 Å². The van der Waals surface area contributed by atoms with Crippen LogP contribution in [-0.4, -0.2) is 53.7 Å². The van der Waals surface area contributed by atoms with E-state index in [0.717, 1.165) is 30.4 Å². The summed E-state index contributed by atoms with van der Waals surface area (Å²) in [7, 11) is 0. The molecule has 5 rings (SSSR count). The summed E-state index contributed by atoms with van der Waals surface area (Å²) in [6, 6.07) is 16.7.